The average molecular weight is 247 g/mol. The minimum atomic E-state index is 0.427. The summed E-state index contributed by atoms with van der Waals surface area (Å²) in [5.74, 6) is 1.30. The van der Waals surface area contributed by atoms with Crippen LogP contribution < -0.4 is 0 Å². The van der Waals surface area contributed by atoms with Crippen LogP contribution in [0.15, 0.2) is 23.8 Å². The highest BCUT2D eigenvalue weighted by Gasteiger charge is 2.05. The van der Waals surface area contributed by atoms with E-state index < -0.39 is 0 Å². The van der Waals surface area contributed by atoms with Gasteiger partial charge in [0, 0.05) is 17.3 Å². The van der Waals surface area contributed by atoms with Crippen molar-refractivity contribution in [2.24, 2.45) is 0 Å². The first-order chi connectivity index (χ1) is 6.81. The fraction of sp³-hybridized carbons (Fsp3) is 0.222. The molecule has 0 aromatic carbocycles. The topological polar surface area (TPSA) is 17.8 Å². The van der Waals surface area contributed by atoms with Crippen molar-refractivity contribution >= 4 is 34.5 Å². The lowest BCUT2D eigenvalue weighted by Gasteiger charge is -2.03. The van der Waals surface area contributed by atoms with Gasteiger partial charge in [-0.05, 0) is 11.4 Å². The van der Waals surface area contributed by atoms with Gasteiger partial charge in [-0.15, -0.1) is 22.9 Å². The predicted octanol–water partition coefficient (Wildman–Crippen LogP) is 3.39. The molecule has 0 bridgehead atoms. The standard InChI is InChI=1S/C9H8Cl2N2S/c10-5-9-12-2-3-13(9)6-8-7(11)1-4-14-8/h1-4H,5-6H2. The number of alkyl halides is 1. The molecule has 0 amide bonds. The summed E-state index contributed by atoms with van der Waals surface area (Å²) in [6.07, 6.45) is 3.66. The van der Waals surface area contributed by atoms with Crippen molar-refractivity contribution in [1.29, 1.82) is 0 Å². The van der Waals surface area contributed by atoms with Crippen LogP contribution in [-0.4, -0.2) is 9.55 Å². The Kier molecular flexibility index (Phi) is 3.11. The molecule has 74 valence electrons. The van der Waals surface area contributed by atoms with Crippen molar-refractivity contribution in [3.63, 3.8) is 0 Å². The van der Waals surface area contributed by atoms with Crippen molar-refractivity contribution in [1.82, 2.24) is 9.55 Å². The molecule has 0 spiro atoms. The van der Waals surface area contributed by atoms with Gasteiger partial charge in [0.15, 0.2) is 0 Å². The highest BCUT2D eigenvalue weighted by Crippen LogP contribution is 2.23. The van der Waals surface area contributed by atoms with E-state index in [9.17, 15) is 0 Å². The van der Waals surface area contributed by atoms with Crippen LogP contribution in [0.2, 0.25) is 5.02 Å². The summed E-state index contributed by atoms with van der Waals surface area (Å²) in [5.41, 5.74) is 0. The summed E-state index contributed by atoms with van der Waals surface area (Å²) in [4.78, 5) is 5.27. The van der Waals surface area contributed by atoms with Crippen LogP contribution in [0.3, 0.4) is 0 Å². The van der Waals surface area contributed by atoms with E-state index in [-0.39, 0.29) is 0 Å². The van der Waals surface area contributed by atoms with Gasteiger partial charge in [-0.1, -0.05) is 11.6 Å². The first-order valence-corrected chi connectivity index (χ1v) is 5.88. The molecule has 2 nitrogen and oxygen atoms in total. The Hall–Kier alpha value is -0.510. The smallest absolute Gasteiger partial charge is 0.123 e. The molecule has 0 aliphatic carbocycles. The molecule has 2 heterocycles. The second-order valence-corrected chi connectivity index (χ2v) is 4.47. The first-order valence-electron chi connectivity index (χ1n) is 4.09. The van der Waals surface area contributed by atoms with E-state index in [2.05, 4.69) is 4.98 Å². The number of rotatable bonds is 3. The van der Waals surface area contributed by atoms with Gasteiger partial charge in [0.2, 0.25) is 0 Å². The predicted molar refractivity (Wildman–Crippen MR) is 60.2 cm³/mol. The summed E-state index contributed by atoms with van der Waals surface area (Å²) in [6, 6.07) is 1.90. The summed E-state index contributed by atoms with van der Waals surface area (Å²) in [6.45, 7) is 0.749. The molecule has 2 rings (SSSR count). The van der Waals surface area contributed by atoms with Gasteiger partial charge in [0.25, 0.3) is 0 Å². The van der Waals surface area contributed by atoms with Gasteiger partial charge in [0.1, 0.15) is 5.82 Å². The van der Waals surface area contributed by atoms with Gasteiger partial charge in [-0.2, -0.15) is 0 Å². The third-order valence-corrected chi connectivity index (χ3v) is 3.54. The Morgan fingerprint density at radius 3 is 3.00 bits per heavy atom. The molecule has 0 aliphatic rings. The molecular weight excluding hydrogens is 239 g/mol. The lowest BCUT2D eigenvalue weighted by molar-refractivity contribution is 0.765. The first kappa shape index (κ1) is 10.0. The number of aromatic nitrogens is 2. The number of nitrogens with zero attached hydrogens (tertiary/aromatic N) is 2. The van der Waals surface area contributed by atoms with E-state index in [1.165, 1.54) is 0 Å². The van der Waals surface area contributed by atoms with Crippen LogP contribution in [0.25, 0.3) is 0 Å². The van der Waals surface area contributed by atoms with Crippen molar-refractivity contribution in [3.8, 4) is 0 Å². The van der Waals surface area contributed by atoms with E-state index in [1.54, 1.807) is 17.5 Å². The molecule has 0 fully saturated rings. The molecule has 0 N–H and O–H groups in total. The van der Waals surface area contributed by atoms with Crippen LogP contribution in [0.4, 0.5) is 0 Å². The van der Waals surface area contributed by atoms with Gasteiger partial charge < -0.3 is 4.57 Å². The van der Waals surface area contributed by atoms with E-state index in [4.69, 9.17) is 23.2 Å². The Morgan fingerprint density at radius 1 is 1.50 bits per heavy atom. The minimum Gasteiger partial charge on any atom is -0.329 e. The molecule has 2 aromatic heterocycles. The van der Waals surface area contributed by atoms with E-state index in [1.807, 2.05) is 22.2 Å². The van der Waals surface area contributed by atoms with Crippen molar-refractivity contribution in [2.45, 2.75) is 12.4 Å². The Morgan fingerprint density at radius 2 is 2.36 bits per heavy atom. The number of hydrogen-bond acceptors (Lipinski definition) is 2. The molecule has 0 unspecified atom stereocenters. The van der Waals surface area contributed by atoms with Crippen LogP contribution in [0.1, 0.15) is 10.7 Å². The molecule has 2 aromatic rings. The number of imidazole rings is 1. The molecule has 14 heavy (non-hydrogen) atoms. The maximum Gasteiger partial charge on any atom is 0.123 e. The van der Waals surface area contributed by atoms with E-state index in [0.717, 1.165) is 22.3 Å². The van der Waals surface area contributed by atoms with Crippen LogP contribution >= 0.6 is 34.5 Å². The van der Waals surface area contributed by atoms with E-state index >= 15 is 0 Å². The average Bonchev–Trinajstić information content (AvgIpc) is 2.77. The summed E-state index contributed by atoms with van der Waals surface area (Å²) < 4.78 is 2.00. The monoisotopic (exact) mass is 246 g/mol. The molecule has 5 heteroatoms. The second kappa shape index (κ2) is 4.34. The molecule has 0 saturated carbocycles. The molecule has 0 radical (unpaired) electrons. The van der Waals surface area contributed by atoms with Crippen LogP contribution in [0, 0.1) is 0 Å². The zero-order valence-corrected chi connectivity index (χ0v) is 9.61. The third kappa shape index (κ3) is 1.95. The van der Waals surface area contributed by atoms with Gasteiger partial charge in [-0.25, -0.2) is 4.98 Å². The summed E-state index contributed by atoms with van der Waals surface area (Å²) >= 11 is 13.4. The number of halogens is 2. The molecule has 0 atom stereocenters. The van der Waals surface area contributed by atoms with Crippen molar-refractivity contribution < 1.29 is 0 Å². The lowest BCUT2D eigenvalue weighted by Crippen LogP contribution is -2.01. The van der Waals surface area contributed by atoms with E-state index in [0.29, 0.717) is 5.88 Å². The van der Waals surface area contributed by atoms with Gasteiger partial charge in [-0.3, -0.25) is 0 Å². The molecular formula is C9H8Cl2N2S. The largest absolute Gasteiger partial charge is 0.329 e. The Balaban J connectivity index is 2.22. The summed E-state index contributed by atoms with van der Waals surface area (Å²) in [7, 11) is 0. The maximum atomic E-state index is 6.00. The lowest BCUT2D eigenvalue weighted by atomic mass is 10.4. The summed E-state index contributed by atoms with van der Waals surface area (Å²) in [5, 5.41) is 2.79. The molecule has 0 aliphatic heterocycles. The van der Waals surface area contributed by atoms with Crippen LogP contribution in [0.5, 0.6) is 0 Å². The fourth-order valence-corrected chi connectivity index (χ4v) is 2.52. The highest BCUT2D eigenvalue weighted by atomic mass is 35.5. The highest BCUT2D eigenvalue weighted by molar-refractivity contribution is 7.10. The van der Waals surface area contributed by atoms with Crippen molar-refractivity contribution in [2.75, 3.05) is 0 Å². The zero-order valence-electron chi connectivity index (χ0n) is 7.28. The second-order valence-electron chi connectivity index (χ2n) is 2.80. The zero-order chi connectivity index (χ0) is 9.97. The minimum absolute atomic E-state index is 0.427. The third-order valence-electron chi connectivity index (χ3n) is 1.93. The number of hydrogen-bond donors (Lipinski definition) is 0. The Bertz CT molecular complexity index is 422. The normalized spacial score (nSPS) is 10.7. The van der Waals surface area contributed by atoms with Gasteiger partial charge >= 0.3 is 0 Å². The van der Waals surface area contributed by atoms with Crippen LogP contribution in [-0.2, 0) is 12.4 Å². The maximum absolute atomic E-state index is 6.00. The Labute approximate surface area is 96.1 Å². The number of thiophene rings is 1. The van der Waals surface area contributed by atoms with Crippen molar-refractivity contribution in [3.05, 3.63) is 39.6 Å². The van der Waals surface area contributed by atoms with Gasteiger partial charge in [0.05, 0.1) is 17.4 Å². The fourth-order valence-electron chi connectivity index (χ4n) is 1.21. The SMILES string of the molecule is ClCc1nccn1Cc1sccc1Cl. The quantitative estimate of drug-likeness (QED) is 0.760. The molecule has 0 saturated heterocycles.